The van der Waals surface area contributed by atoms with Crippen molar-refractivity contribution in [1.82, 2.24) is 15.5 Å². The summed E-state index contributed by atoms with van der Waals surface area (Å²) in [7, 11) is 1.78. The fraction of sp³-hybridized carbons (Fsp3) is 0.944. The predicted molar refractivity (Wildman–Crippen MR) is 101 cm³/mol. The van der Waals surface area contributed by atoms with Gasteiger partial charge in [-0.2, -0.15) is 0 Å². The summed E-state index contributed by atoms with van der Waals surface area (Å²) in [5, 5.41) is 6.78. The molecule has 1 aliphatic heterocycles. The molecule has 142 valence electrons. The lowest BCUT2D eigenvalue weighted by Crippen LogP contribution is -2.46. The van der Waals surface area contributed by atoms with Crippen molar-refractivity contribution in [3.8, 4) is 0 Å². The van der Waals surface area contributed by atoms with Crippen molar-refractivity contribution >= 4 is 5.96 Å². The van der Waals surface area contributed by atoms with Crippen molar-refractivity contribution in [3.63, 3.8) is 0 Å². The van der Waals surface area contributed by atoms with Gasteiger partial charge in [0.25, 0.3) is 0 Å². The predicted octanol–water partition coefficient (Wildman–Crippen LogP) is 1.86. The maximum Gasteiger partial charge on any atom is 0.191 e. The van der Waals surface area contributed by atoms with Crippen LogP contribution in [0.15, 0.2) is 4.99 Å². The normalized spacial score (nSPS) is 18.5. The van der Waals surface area contributed by atoms with Gasteiger partial charge in [0, 0.05) is 64.9 Å². The van der Waals surface area contributed by atoms with Crippen LogP contribution in [0.2, 0.25) is 0 Å². The van der Waals surface area contributed by atoms with Crippen molar-refractivity contribution < 1.29 is 9.47 Å². The first-order valence-corrected chi connectivity index (χ1v) is 9.35. The summed E-state index contributed by atoms with van der Waals surface area (Å²) >= 11 is 0. The molecule has 0 aromatic heterocycles. The number of nitrogens with zero attached hydrogens (tertiary/aromatic N) is 2. The van der Waals surface area contributed by atoms with Crippen molar-refractivity contribution in [2.45, 2.75) is 65.1 Å². The molecule has 1 fully saturated rings. The Bertz CT molecular complexity index is 358. The molecule has 0 radical (unpaired) electrons. The smallest absolute Gasteiger partial charge is 0.191 e. The van der Waals surface area contributed by atoms with Gasteiger partial charge in [-0.15, -0.1) is 0 Å². The third kappa shape index (κ3) is 6.95. The molecule has 1 aliphatic rings. The lowest BCUT2D eigenvalue weighted by atomic mass is 9.94. The molecule has 0 aromatic carbocycles. The number of rotatable bonds is 9. The van der Waals surface area contributed by atoms with Crippen molar-refractivity contribution in [1.29, 1.82) is 0 Å². The first-order valence-electron chi connectivity index (χ1n) is 9.35. The quantitative estimate of drug-likeness (QED) is 0.495. The lowest BCUT2D eigenvalue weighted by molar-refractivity contribution is -0.0828. The summed E-state index contributed by atoms with van der Waals surface area (Å²) in [6.45, 7) is 16.0. The van der Waals surface area contributed by atoms with Crippen LogP contribution in [0.3, 0.4) is 0 Å². The van der Waals surface area contributed by atoms with Crippen LogP contribution in [-0.2, 0) is 9.47 Å². The van der Waals surface area contributed by atoms with Crippen molar-refractivity contribution in [2.24, 2.45) is 4.99 Å². The van der Waals surface area contributed by atoms with Gasteiger partial charge >= 0.3 is 0 Å². The number of aliphatic imine (C=N–C) groups is 1. The molecule has 0 bridgehead atoms. The minimum absolute atomic E-state index is 0.178. The van der Waals surface area contributed by atoms with E-state index >= 15 is 0 Å². The van der Waals surface area contributed by atoms with E-state index in [0.717, 1.165) is 51.6 Å². The van der Waals surface area contributed by atoms with Gasteiger partial charge in [0.1, 0.15) is 0 Å². The molecule has 0 unspecified atom stereocenters. The molecule has 0 aromatic rings. The number of methoxy groups -OCH3 is 1. The standard InChI is InChI=1S/C18H38N4O2/c1-7-19-17(20-10-11-22(15(2)3)16(4)5)21-14-18(23-6)8-12-24-13-9-18/h15-16H,7-14H2,1-6H3,(H2,19,20,21). The Morgan fingerprint density at radius 1 is 1.17 bits per heavy atom. The Hall–Kier alpha value is -0.850. The van der Waals surface area contributed by atoms with Crippen LogP contribution in [-0.4, -0.2) is 75.0 Å². The summed E-state index contributed by atoms with van der Waals surface area (Å²) in [6.07, 6.45) is 1.81. The second kappa shape index (κ2) is 10.9. The van der Waals surface area contributed by atoms with Crippen molar-refractivity contribution in [3.05, 3.63) is 0 Å². The Labute approximate surface area is 148 Å². The van der Waals surface area contributed by atoms with Gasteiger partial charge in [0.2, 0.25) is 0 Å². The van der Waals surface area contributed by atoms with E-state index in [1.54, 1.807) is 7.11 Å². The van der Waals surface area contributed by atoms with Gasteiger partial charge in [0.05, 0.1) is 12.1 Å². The molecule has 1 rings (SSSR count). The topological polar surface area (TPSA) is 58.1 Å². The molecule has 1 saturated heterocycles. The number of ether oxygens (including phenoxy) is 2. The Balaban J connectivity index is 2.55. The number of nitrogens with one attached hydrogen (secondary N) is 2. The minimum Gasteiger partial charge on any atom is -0.381 e. The molecule has 0 spiro atoms. The maximum atomic E-state index is 5.76. The van der Waals surface area contributed by atoms with Crippen LogP contribution in [0.5, 0.6) is 0 Å². The number of guanidine groups is 1. The molecule has 0 amide bonds. The monoisotopic (exact) mass is 342 g/mol. The third-order valence-electron chi connectivity index (χ3n) is 4.70. The molecule has 0 saturated carbocycles. The van der Waals surface area contributed by atoms with E-state index in [2.05, 4.69) is 50.2 Å². The Kier molecular flexibility index (Phi) is 9.63. The fourth-order valence-electron chi connectivity index (χ4n) is 3.15. The highest BCUT2D eigenvalue weighted by Gasteiger charge is 2.32. The molecular formula is C18H38N4O2. The van der Waals surface area contributed by atoms with Crippen LogP contribution in [0.4, 0.5) is 0 Å². The van der Waals surface area contributed by atoms with E-state index in [-0.39, 0.29) is 5.60 Å². The van der Waals surface area contributed by atoms with Gasteiger partial charge in [-0.3, -0.25) is 9.89 Å². The van der Waals surface area contributed by atoms with E-state index in [0.29, 0.717) is 18.6 Å². The second-order valence-corrected chi connectivity index (χ2v) is 7.05. The molecule has 24 heavy (non-hydrogen) atoms. The SMILES string of the molecule is CCNC(=NCC1(OC)CCOCC1)NCCN(C(C)C)C(C)C. The summed E-state index contributed by atoms with van der Waals surface area (Å²) < 4.78 is 11.2. The highest BCUT2D eigenvalue weighted by Crippen LogP contribution is 2.24. The van der Waals surface area contributed by atoms with E-state index in [1.165, 1.54) is 0 Å². The number of hydrogen-bond acceptors (Lipinski definition) is 4. The van der Waals surface area contributed by atoms with Crippen LogP contribution >= 0.6 is 0 Å². The van der Waals surface area contributed by atoms with Gasteiger partial charge in [-0.05, 0) is 34.6 Å². The molecule has 6 nitrogen and oxygen atoms in total. The van der Waals surface area contributed by atoms with E-state index in [4.69, 9.17) is 14.5 Å². The van der Waals surface area contributed by atoms with Crippen LogP contribution < -0.4 is 10.6 Å². The van der Waals surface area contributed by atoms with E-state index < -0.39 is 0 Å². The first-order chi connectivity index (χ1) is 11.4. The third-order valence-corrected chi connectivity index (χ3v) is 4.70. The average molecular weight is 343 g/mol. The molecular weight excluding hydrogens is 304 g/mol. The minimum atomic E-state index is -0.178. The van der Waals surface area contributed by atoms with E-state index in [9.17, 15) is 0 Å². The van der Waals surface area contributed by atoms with Crippen molar-refractivity contribution in [2.75, 3.05) is 46.5 Å². The van der Waals surface area contributed by atoms with Crippen LogP contribution in [0, 0.1) is 0 Å². The van der Waals surface area contributed by atoms with Gasteiger partial charge in [-0.25, -0.2) is 0 Å². The molecule has 0 aliphatic carbocycles. The molecule has 6 heteroatoms. The van der Waals surface area contributed by atoms with Crippen LogP contribution in [0.25, 0.3) is 0 Å². The summed E-state index contributed by atoms with van der Waals surface area (Å²) in [5.74, 6) is 0.868. The Morgan fingerprint density at radius 2 is 1.79 bits per heavy atom. The van der Waals surface area contributed by atoms with Crippen LogP contribution in [0.1, 0.15) is 47.5 Å². The average Bonchev–Trinajstić information content (AvgIpc) is 2.56. The zero-order valence-electron chi connectivity index (χ0n) is 16.5. The van der Waals surface area contributed by atoms with Gasteiger partial charge in [-0.1, -0.05) is 0 Å². The summed E-state index contributed by atoms with van der Waals surface area (Å²) in [5.41, 5.74) is -0.178. The highest BCUT2D eigenvalue weighted by molar-refractivity contribution is 5.79. The zero-order chi connectivity index (χ0) is 18.0. The molecule has 2 N–H and O–H groups in total. The van der Waals surface area contributed by atoms with E-state index in [1.807, 2.05) is 0 Å². The lowest BCUT2D eigenvalue weighted by Gasteiger charge is -2.34. The summed E-state index contributed by atoms with van der Waals surface area (Å²) in [4.78, 5) is 7.24. The Morgan fingerprint density at radius 3 is 2.29 bits per heavy atom. The highest BCUT2D eigenvalue weighted by atomic mass is 16.5. The van der Waals surface area contributed by atoms with Gasteiger partial charge in [0.15, 0.2) is 5.96 Å². The second-order valence-electron chi connectivity index (χ2n) is 7.05. The largest absolute Gasteiger partial charge is 0.381 e. The maximum absolute atomic E-state index is 5.76. The first kappa shape index (κ1) is 21.2. The fourth-order valence-corrected chi connectivity index (χ4v) is 3.15. The molecule has 0 atom stereocenters. The zero-order valence-corrected chi connectivity index (χ0v) is 16.5. The van der Waals surface area contributed by atoms with Gasteiger partial charge < -0.3 is 20.1 Å². The summed E-state index contributed by atoms with van der Waals surface area (Å²) in [6, 6.07) is 1.09. The molecule has 1 heterocycles. The number of hydrogen-bond donors (Lipinski definition) is 2.